The fourth-order valence-electron chi connectivity index (χ4n) is 7.21. The Morgan fingerprint density at radius 2 is 1.56 bits per heavy atom. The van der Waals surface area contributed by atoms with Crippen molar-refractivity contribution < 1.29 is 0 Å². The minimum atomic E-state index is 0.900. The molecule has 0 aromatic heterocycles. The maximum absolute atomic E-state index is 2.62. The highest BCUT2D eigenvalue weighted by Gasteiger charge is 2.43. The van der Waals surface area contributed by atoms with E-state index in [0.717, 1.165) is 59.2 Å². The van der Waals surface area contributed by atoms with E-state index in [9.17, 15) is 0 Å². The Hall–Kier alpha value is 0. The van der Waals surface area contributed by atoms with Gasteiger partial charge < -0.3 is 0 Å². The van der Waals surface area contributed by atoms with Crippen molar-refractivity contribution >= 4 is 0 Å². The van der Waals surface area contributed by atoms with Crippen molar-refractivity contribution in [2.45, 2.75) is 99.3 Å². The highest BCUT2D eigenvalue weighted by atomic mass is 14.5. The predicted octanol–water partition coefficient (Wildman–Crippen LogP) is 7.82. The highest BCUT2D eigenvalue weighted by Crippen LogP contribution is 2.52. The highest BCUT2D eigenvalue weighted by molar-refractivity contribution is 4.93. The second kappa shape index (κ2) is 8.35. The molecule has 0 saturated heterocycles. The molecule has 0 radical (unpaired) electrons. The molecule has 0 aromatic carbocycles. The average Bonchev–Trinajstić information content (AvgIpc) is 3.04. The molecule has 146 valence electrons. The monoisotopic (exact) mass is 346 g/mol. The zero-order valence-electron chi connectivity index (χ0n) is 18.1. The van der Waals surface area contributed by atoms with E-state index < -0.39 is 0 Å². The summed E-state index contributed by atoms with van der Waals surface area (Å²) in [5.74, 6) is 9.92. The molecule has 0 heterocycles. The Morgan fingerprint density at radius 3 is 2.24 bits per heavy atom. The largest absolute Gasteiger partial charge is 0.0625 e. The average molecular weight is 347 g/mol. The van der Waals surface area contributed by atoms with Gasteiger partial charge in [0, 0.05) is 0 Å². The maximum atomic E-state index is 2.62. The summed E-state index contributed by atoms with van der Waals surface area (Å²) in [6.45, 7) is 15.2. The van der Waals surface area contributed by atoms with Gasteiger partial charge in [-0.05, 0) is 91.3 Å². The van der Waals surface area contributed by atoms with Crippen LogP contribution in [0.5, 0.6) is 0 Å². The Labute approximate surface area is 158 Å². The molecule has 3 aliphatic rings. The van der Waals surface area contributed by atoms with Gasteiger partial charge in [-0.15, -0.1) is 0 Å². The first-order valence-corrected chi connectivity index (χ1v) is 11.9. The van der Waals surface area contributed by atoms with E-state index in [1.165, 1.54) is 32.1 Å². The molecule has 0 N–H and O–H groups in total. The van der Waals surface area contributed by atoms with Crippen molar-refractivity contribution in [3.8, 4) is 0 Å². The van der Waals surface area contributed by atoms with Crippen LogP contribution in [0.25, 0.3) is 0 Å². The summed E-state index contributed by atoms with van der Waals surface area (Å²) in [7, 11) is 0. The number of fused-ring (bicyclic) bond motifs is 1. The van der Waals surface area contributed by atoms with Crippen molar-refractivity contribution in [3.63, 3.8) is 0 Å². The lowest BCUT2D eigenvalue weighted by Gasteiger charge is -2.45. The van der Waals surface area contributed by atoms with Gasteiger partial charge in [0.05, 0.1) is 0 Å². The SMILES string of the molecule is CC(C)C1CC(C(C)C(C)CC2CCC(C)C(C)C2)CC2CCCC21. The molecule has 3 rings (SSSR count). The summed E-state index contributed by atoms with van der Waals surface area (Å²) in [4.78, 5) is 0. The Balaban J connectivity index is 1.57. The quantitative estimate of drug-likeness (QED) is 0.476. The second-order valence-electron chi connectivity index (χ2n) is 11.2. The lowest BCUT2D eigenvalue weighted by Crippen LogP contribution is -2.36. The molecule has 25 heavy (non-hydrogen) atoms. The van der Waals surface area contributed by atoms with Gasteiger partial charge in [0.15, 0.2) is 0 Å². The molecular weight excluding hydrogens is 300 g/mol. The zero-order valence-corrected chi connectivity index (χ0v) is 18.1. The van der Waals surface area contributed by atoms with Crippen LogP contribution >= 0.6 is 0 Å². The van der Waals surface area contributed by atoms with Gasteiger partial charge in [0.25, 0.3) is 0 Å². The zero-order chi connectivity index (χ0) is 18.1. The van der Waals surface area contributed by atoms with Crippen LogP contribution in [0, 0.1) is 59.2 Å². The van der Waals surface area contributed by atoms with Crippen LogP contribution in [0.3, 0.4) is 0 Å². The van der Waals surface area contributed by atoms with Crippen molar-refractivity contribution in [1.29, 1.82) is 0 Å². The van der Waals surface area contributed by atoms with E-state index in [1.54, 1.807) is 25.7 Å². The number of rotatable bonds is 5. The van der Waals surface area contributed by atoms with Gasteiger partial charge in [-0.2, -0.15) is 0 Å². The topological polar surface area (TPSA) is 0 Å². The summed E-state index contributed by atoms with van der Waals surface area (Å²) >= 11 is 0. The van der Waals surface area contributed by atoms with E-state index in [4.69, 9.17) is 0 Å². The lowest BCUT2D eigenvalue weighted by molar-refractivity contribution is 0.0489. The fraction of sp³-hybridized carbons (Fsp3) is 1.00. The van der Waals surface area contributed by atoms with Gasteiger partial charge in [0.1, 0.15) is 0 Å². The maximum Gasteiger partial charge on any atom is -0.0355 e. The Bertz CT molecular complexity index is 410. The third-order valence-electron chi connectivity index (χ3n) is 9.36. The molecule has 0 spiro atoms. The molecule has 9 unspecified atom stereocenters. The van der Waals surface area contributed by atoms with Crippen molar-refractivity contribution in [1.82, 2.24) is 0 Å². The van der Waals surface area contributed by atoms with Gasteiger partial charge in [0.2, 0.25) is 0 Å². The molecule has 0 aliphatic heterocycles. The van der Waals surface area contributed by atoms with Gasteiger partial charge in [-0.25, -0.2) is 0 Å². The molecule has 3 fully saturated rings. The molecule has 3 aliphatic carbocycles. The Morgan fingerprint density at radius 1 is 0.800 bits per heavy atom. The van der Waals surface area contributed by atoms with E-state index in [2.05, 4.69) is 41.5 Å². The third-order valence-corrected chi connectivity index (χ3v) is 9.36. The normalized spacial score (nSPS) is 44.5. The van der Waals surface area contributed by atoms with E-state index in [0.29, 0.717) is 0 Å². The molecule has 0 bridgehead atoms. The lowest BCUT2D eigenvalue weighted by atomic mass is 9.61. The van der Waals surface area contributed by atoms with E-state index in [1.807, 2.05) is 0 Å². The van der Waals surface area contributed by atoms with E-state index in [-0.39, 0.29) is 0 Å². The predicted molar refractivity (Wildman–Crippen MR) is 110 cm³/mol. The summed E-state index contributed by atoms with van der Waals surface area (Å²) in [5, 5.41) is 0. The van der Waals surface area contributed by atoms with Crippen LogP contribution in [0.1, 0.15) is 99.3 Å². The first-order valence-electron chi connectivity index (χ1n) is 11.9. The minimum absolute atomic E-state index is 0.900. The molecule has 3 saturated carbocycles. The van der Waals surface area contributed by atoms with Crippen LogP contribution in [0.2, 0.25) is 0 Å². The van der Waals surface area contributed by atoms with Gasteiger partial charge in [-0.3, -0.25) is 0 Å². The Kier molecular flexibility index (Phi) is 6.60. The van der Waals surface area contributed by atoms with Crippen LogP contribution in [-0.2, 0) is 0 Å². The summed E-state index contributed by atoms with van der Waals surface area (Å²) in [6.07, 6.45) is 13.7. The molecular formula is C25H46. The van der Waals surface area contributed by atoms with Crippen LogP contribution in [0.15, 0.2) is 0 Å². The van der Waals surface area contributed by atoms with Gasteiger partial charge >= 0.3 is 0 Å². The van der Waals surface area contributed by atoms with Crippen LogP contribution < -0.4 is 0 Å². The smallest absolute Gasteiger partial charge is 0.0355 e. The van der Waals surface area contributed by atoms with Crippen molar-refractivity contribution in [3.05, 3.63) is 0 Å². The van der Waals surface area contributed by atoms with Crippen molar-refractivity contribution in [2.24, 2.45) is 59.2 Å². The first kappa shape index (κ1) is 19.8. The number of hydrogen-bond donors (Lipinski definition) is 0. The molecule has 0 heteroatoms. The van der Waals surface area contributed by atoms with E-state index >= 15 is 0 Å². The molecule has 0 amide bonds. The minimum Gasteiger partial charge on any atom is -0.0625 e. The molecule has 0 nitrogen and oxygen atoms in total. The summed E-state index contributed by atoms with van der Waals surface area (Å²) in [6, 6.07) is 0. The van der Waals surface area contributed by atoms with Crippen LogP contribution in [-0.4, -0.2) is 0 Å². The van der Waals surface area contributed by atoms with Crippen molar-refractivity contribution in [2.75, 3.05) is 0 Å². The standard InChI is InChI=1S/C25H46/c1-16(2)25-15-23(14-22-8-7-9-24(22)25)20(6)19(5)13-21-11-10-17(3)18(4)12-21/h16-25H,7-15H2,1-6H3. The second-order valence-corrected chi connectivity index (χ2v) is 11.2. The molecule has 9 atom stereocenters. The first-order chi connectivity index (χ1) is 11.9. The fourth-order valence-corrected chi connectivity index (χ4v) is 7.21. The van der Waals surface area contributed by atoms with Gasteiger partial charge in [-0.1, -0.05) is 67.2 Å². The summed E-state index contributed by atoms with van der Waals surface area (Å²) < 4.78 is 0. The summed E-state index contributed by atoms with van der Waals surface area (Å²) in [5.41, 5.74) is 0. The molecule has 0 aromatic rings. The third kappa shape index (κ3) is 4.47. The van der Waals surface area contributed by atoms with Crippen LogP contribution in [0.4, 0.5) is 0 Å². The number of hydrogen-bond acceptors (Lipinski definition) is 0.